The SMILES string of the molecule is COc1cc2ccccc2cc1C(=O)Nc1ccc(Cl)c(-c2nc3cc(C)c(C)cc3o2)c1. The summed E-state index contributed by atoms with van der Waals surface area (Å²) >= 11 is 6.45. The Morgan fingerprint density at radius 2 is 1.70 bits per heavy atom. The molecule has 5 nitrogen and oxygen atoms in total. The Labute approximate surface area is 196 Å². The van der Waals surface area contributed by atoms with Crippen LogP contribution in [0.1, 0.15) is 21.5 Å². The van der Waals surface area contributed by atoms with Gasteiger partial charge in [0.1, 0.15) is 11.3 Å². The third-order valence-electron chi connectivity index (χ3n) is 5.77. The molecule has 6 heteroatoms. The van der Waals surface area contributed by atoms with Crippen molar-refractivity contribution < 1.29 is 13.9 Å². The van der Waals surface area contributed by atoms with E-state index in [1.807, 2.05) is 62.4 Å². The van der Waals surface area contributed by atoms with E-state index in [9.17, 15) is 4.79 Å². The fraction of sp³-hybridized carbons (Fsp3) is 0.111. The van der Waals surface area contributed by atoms with E-state index >= 15 is 0 Å². The predicted octanol–water partition coefficient (Wildman–Crippen LogP) is 7.18. The van der Waals surface area contributed by atoms with Crippen LogP contribution in [0.5, 0.6) is 5.75 Å². The molecule has 0 unspecified atom stereocenters. The summed E-state index contributed by atoms with van der Waals surface area (Å²) in [5, 5.41) is 5.38. The van der Waals surface area contributed by atoms with E-state index in [1.165, 1.54) is 0 Å². The smallest absolute Gasteiger partial charge is 0.259 e. The van der Waals surface area contributed by atoms with Gasteiger partial charge in [-0.2, -0.15) is 0 Å². The van der Waals surface area contributed by atoms with Crippen LogP contribution >= 0.6 is 11.6 Å². The lowest BCUT2D eigenvalue weighted by Gasteiger charge is -2.12. The van der Waals surface area contributed by atoms with E-state index in [-0.39, 0.29) is 5.91 Å². The van der Waals surface area contributed by atoms with Crippen LogP contribution in [-0.4, -0.2) is 18.0 Å². The maximum atomic E-state index is 13.1. The molecular formula is C27H21ClN2O3. The molecule has 0 aliphatic carbocycles. The first-order valence-electron chi connectivity index (χ1n) is 10.5. The number of hydrogen-bond acceptors (Lipinski definition) is 4. The number of aryl methyl sites for hydroxylation is 2. The minimum absolute atomic E-state index is 0.283. The summed E-state index contributed by atoms with van der Waals surface area (Å²) in [6, 6.07) is 20.7. The average molecular weight is 457 g/mol. The quantitative estimate of drug-likeness (QED) is 0.311. The molecular weight excluding hydrogens is 436 g/mol. The molecule has 0 fully saturated rings. The molecule has 1 aromatic heterocycles. The van der Waals surface area contributed by atoms with Crippen LogP contribution in [0.2, 0.25) is 5.02 Å². The van der Waals surface area contributed by atoms with E-state index in [2.05, 4.69) is 10.3 Å². The molecule has 0 saturated heterocycles. The van der Waals surface area contributed by atoms with Crippen molar-refractivity contribution in [1.82, 2.24) is 4.98 Å². The van der Waals surface area contributed by atoms with Crippen LogP contribution in [-0.2, 0) is 0 Å². The Morgan fingerprint density at radius 1 is 0.970 bits per heavy atom. The van der Waals surface area contributed by atoms with Crippen molar-refractivity contribution >= 4 is 45.1 Å². The summed E-state index contributed by atoms with van der Waals surface area (Å²) in [7, 11) is 1.55. The van der Waals surface area contributed by atoms with Crippen LogP contribution in [0, 0.1) is 13.8 Å². The predicted molar refractivity (Wildman–Crippen MR) is 132 cm³/mol. The Bertz CT molecular complexity index is 1500. The third-order valence-corrected chi connectivity index (χ3v) is 6.10. The van der Waals surface area contributed by atoms with Gasteiger partial charge in [-0.1, -0.05) is 35.9 Å². The van der Waals surface area contributed by atoms with Crippen molar-refractivity contribution in [2.75, 3.05) is 12.4 Å². The molecule has 0 atom stereocenters. The number of amides is 1. The van der Waals surface area contributed by atoms with E-state index in [0.29, 0.717) is 39.1 Å². The van der Waals surface area contributed by atoms with Crippen LogP contribution in [0.4, 0.5) is 5.69 Å². The number of nitrogens with zero attached hydrogens (tertiary/aromatic N) is 1. The number of aromatic nitrogens is 1. The van der Waals surface area contributed by atoms with Crippen LogP contribution in [0.25, 0.3) is 33.3 Å². The number of ether oxygens (including phenoxy) is 1. The van der Waals surface area contributed by atoms with E-state index in [1.54, 1.807) is 25.3 Å². The summed E-state index contributed by atoms with van der Waals surface area (Å²) in [5.41, 5.74) is 5.34. The number of benzene rings is 4. The minimum atomic E-state index is -0.283. The highest BCUT2D eigenvalue weighted by atomic mass is 35.5. The normalized spacial score (nSPS) is 11.2. The zero-order valence-corrected chi connectivity index (χ0v) is 19.2. The van der Waals surface area contributed by atoms with Crippen molar-refractivity contribution in [3.05, 3.63) is 88.4 Å². The van der Waals surface area contributed by atoms with E-state index in [4.69, 9.17) is 20.8 Å². The Morgan fingerprint density at radius 3 is 2.45 bits per heavy atom. The molecule has 5 rings (SSSR count). The molecule has 4 aromatic carbocycles. The number of fused-ring (bicyclic) bond motifs is 2. The van der Waals surface area contributed by atoms with Gasteiger partial charge in [0.2, 0.25) is 5.89 Å². The fourth-order valence-electron chi connectivity index (χ4n) is 3.83. The van der Waals surface area contributed by atoms with Crippen molar-refractivity contribution in [1.29, 1.82) is 0 Å². The minimum Gasteiger partial charge on any atom is -0.496 e. The van der Waals surface area contributed by atoms with Crippen LogP contribution in [0.15, 0.2) is 71.1 Å². The number of carbonyl (C=O) groups excluding carboxylic acids is 1. The highest BCUT2D eigenvalue weighted by Gasteiger charge is 2.17. The first kappa shape index (κ1) is 21.0. The van der Waals surface area contributed by atoms with Crippen LogP contribution in [0.3, 0.4) is 0 Å². The maximum absolute atomic E-state index is 13.1. The lowest BCUT2D eigenvalue weighted by atomic mass is 10.1. The van der Waals surface area contributed by atoms with E-state index in [0.717, 1.165) is 27.4 Å². The van der Waals surface area contributed by atoms with Gasteiger partial charge in [-0.3, -0.25) is 4.79 Å². The molecule has 33 heavy (non-hydrogen) atoms. The summed E-state index contributed by atoms with van der Waals surface area (Å²) < 4.78 is 11.4. The van der Waals surface area contributed by atoms with Gasteiger partial charge in [0, 0.05) is 5.69 Å². The van der Waals surface area contributed by atoms with Gasteiger partial charge < -0.3 is 14.5 Å². The number of carbonyl (C=O) groups is 1. The van der Waals surface area contributed by atoms with Gasteiger partial charge in [-0.25, -0.2) is 4.98 Å². The van der Waals surface area contributed by atoms with Crippen molar-refractivity contribution in [3.8, 4) is 17.2 Å². The monoisotopic (exact) mass is 456 g/mol. The maximum Gasteiger partial charge on any atom is 0.259 e. The fourth-order valence-corrected chi connectivity index (χ4v) is 4.02. The highest BCUT2D eigenvalue weighted by Crippen LogP contribution is 2.34. The molecule has 164 valence electrons. The molecule has 0 saturated carbocycles. The van der Waals surface area contributed by atoms with Gasteiger partial charge in [0.05, 0.1) is 23.3 Å². The molecule has 1 amide bonds. The Kier molecular flexibility index (Phi) is 5.27. The second-order valence-electron chi connectivity index (χ2n) is 7.97. The summed E-state index contributed by atoms with van der Waals surface area (Å²) in [4.78, 5) is 17.7. The third kappa shape index (κ3) is 3.92. The second-order valence-corrected chi connectivity index (χ2v) is 8.38. The largest absolute Gasteiger partial charge is 0.496 e. The topological polar surface area (TPSA) is 64.4 Å². The number of methoxy groups -OCH3 is 1. The summed E-state index contributed by atoms with van der Waals surface area (Å²) in [6.45, 7) is 4.06. The molecule has 0 aliphatic heterocycles. The molecule has 0 bridgehead atoms. The number of nitrogens with one attached hydrogen (secondary N) is 1. The molecule has 0 aliphatic rings. The lowest BCUT2D eigenvalue weighted by Crippen LogP contribution is -2.13. The van der Waals surface area contributed by atoms with Crippen molar-refractivity contribution in [3.63, 3.8) is 0 Å². The molecule has 1 heterocycles. The van der Waals surface area contributed by atoms with Gasteiger partial charge in [0.25, 0.3) is 5.91 Å². The Hall–Kier alpha value is -3.83. The number of hydrogen-bond donors (Lipinski definition) is 1. The molecule has 0 spiro atoms. The molecule has 5 aromatic rings. The lowest BCUT2D eigenvalue weighted by molar-refractivity contribution is 0.102. The van der Waals surface area contributed by atoms with Crippen molar-refractivity contribution in [2.45, 2.75) is 13.8 Å². The average Bonchev–Trinajstić information content (AvgIpc) is 3.21. The zero-order valence-electron chi connectivity index (χ0n) is 18.4. The first-order chi connectivity index (χ1) is 15.9. The van der Waals surface area contributed by atoms with E-state index < -0.39 is 0 Å². The molecule has 0 radical (unpaired) electrons. The summed E-state index contributed by atoms with van der Waals surface area (Å²) in [5.74, 6) is 0.624. The van der Waals surface area contributed by atoms with Crippen molar-refractivity contribution in [2.24, 2.45) is 0 Å². The van der Waals surface area contributed by atoms with Crippen LogP contribution < -0.4 is 10.1 Å². The Balaban J connectivity index is 1.50. The first-order valence-corrected chi connectivity index (χ1v) is 10.9. The number of anilines is 1. The second kappa shape index (κ2) is 8.26. The molecule has 1 N–H and O–H groups in total. The van der Waals surface area contributed by atoms with Gasteiger partial charge in [0.15, 0.2) is 5.58 Å². The standard InChI is InChI=1S/C27H21ClN2O3/c1-15-10-23-25(11-16(15)2)33-27(30-23)20-14-19(8-9-22(20)28)29-26(31)21-12-17-6-4-5-7-18(17)13-24(21)32-3/h4-14H,1-3H3,(H,29,31). The summed E-state index contributed by atoms with van der Waals surface area (Å²) in [6.07, 6.45) is 0. The number of rotatable bonds is 4. The van der Waals surface area contributed by atoms with Gasteiger partial charge in [-0.15, -0.1) is 0 Å². The zero-order chi connectivity index (χ0) is 23.1. The number of halogens is 1. The van der Waals surface area contributed by atoms with Gasteiger partial charge in [-0.05, 0) is 78.2 Å². The highest BCUT2D eigenvalue weighted by molar-refractivity contribution is 6.33. The number of oxazole rings is 1. The van der Waals surface area contributed by atoms with Gasteiger partial charge >= 0.3 is 0 Å².